The quantitative estimate of drug-likeness (QED) is 0.231. The largest absolute Gasteiger partial charge is 0.303 e. The second-order valence-corrected chi connectivity index (χ2v) is 10.3. The Bertz CT molecular complexity index is 915. The van der Waals surface area contributed by atoms with Gasteiger partial charge < -0.3 is 4.79 Å². The topological polar surface area (TPSA) is 17.1 Å². The number of aryl methyl sites for hydroxylation is 1. The number of carbonyl (C=O) groups excluding carboxylic acids is 1. The second-order valence-electron chi connectivity index (χ2n) is 10.3. The summed E-state index contributed by atoms with van der Waals surface area (Å²) in [6.07, 6.45) is 9.02. The van der Waals surface area contributed by atoms with Crippen molar-refractivity contribution in [2.75, 3.05) is 0 Å². The molecule has 0 saturated heterocycles. The molecule has 192 valence electrons. The lowest BCUT2D eigenvalue weighted by molar-refractivity contribution is -0.110. The van der Waals surface area contributed by atoms with Crippen LogP contribution in [-0.4, -0.2) is 6.29 Å². The van der Waals surface area contributed by atoms with Crippen LogP contribution in [0.1, 0.15) is 122 Å². The second kappa shape index (κ2) is 16.4. The molecule has 0 spiro atoms. The van der Waals surface area contributed by atoms with Crippen molar-refractivity contribution in [3.63, 3.8) is 0 Å². The lowest BCUT2D eigenvalue weighted by Crippen LogP contribution is -2.40. The van der Waals surface area contributed by atoms with Crippen LogP contribution in [0.5, 0.6) is 0 Å². The highest BCUT2D eigenvalue weighted by atomic mass is 16.1. The third kappa shape index (κ3) is 9.33. The summed E-state index contributed by atoms with van der Waals surface area (Å²) < 4.78 is 0. The Balaban J connectivity index is 0.000000372. The minimum absolute atomic E-state index is 0.151. The summed E-state index contributed by atoms with van der Waals surface area (Å²) in [4.78, 5) is 11.2. The maximum absolute atomic E-state index is 11.2. The Hall–Kier alpha value is -2.33. The average molecular weight is 475 g/mol. The molecule has 1 heteroatoms. The summed E-state index contributed by atoms with van der Waals surface area (Å²) in [5.74, 6) is 7.97. The zero-order valence-electron chi connectivity index (χ0n) is 23.8. The number of hydrogen-bond acceptors (Lipinski definition) is 1. The molecule has 0 aromatic heterocycles. The molecule has 1 saturated carbocycles. The molecule has 0 bridgehead atoms. The van der Waals surface area contributed by atoms with Crippen molar-refractivity contribution in [2.24, 2.45) is 11.8 Å². The Kier molecular flexibility index (Phi) is 14.4. The van der Waals surface area contributed by atoms with E-state index in [-0.39, 0.29) is 5.41 Å². The molecule has 3 rings (SSSR count). The monoisotopic (exact) mass is 474 g/mol. The van der Waals surface area contributed by atoms with Gasteiger partial charge in [-0.05, 0) is 71.8 Å². The first-order valence-electron chi connectivity index (χ1n) is 13.9. The predicted octanol–water partition coefficient (Wildman–Crippen LogP) is 9.66. The highest BCUT2D eigenvalue weighted by Gasteiger charge is 2.41. The zero-order valence-corrected chi connectivity index (χ0v) is 23.8. The molecule has 0 heterocycles. The van der Waals surface area contributed by atoms with Gasteiger partial charge in [0.1, 0.15) is 6.29 Å². The normalized spacial score (nSPS) is 20.9. The minimum atomic E-state index is 0.151. The third-order valence-electron chi connectivity index (χ3n) is 7.41. The van der Waals surface area contributed by atoms with E-state index in [2.05, 4.69) is 71.6 Å². The van der Waals surface area contributed by atoms with Gasteiger partial charge >= 0.3 is 0 Å². The zero-order chi connectivity index (χ0) is 26.3. The lowest BCUT2D eigenvalue weighted by Gasteiger charge is -2.46. The van der Waals surface area contributed by atoms with Crippen LogP contribution in [0.25, 0.3) is 0 Å². The van der Waals surface area contributed by atoms with Gasteiger partial charge in [-0.25, -0.2) is 0 Å². The van der Waals surface area contributed by atoms with Gasteiger partial charge in [-0.3, -0.25) is 0 Å². The highest BCUT2D eigenvalue weighted by Crippen LogP contribution is 2.48. The molecule has 1 fully saturated rings. The van der Waals surface area contributed by atoms with Crippen LogP contribution in [0, 0.1) is 30.6 Å². The van der Waals surface area contributed by atoms with Crippen molar-refractivity contribution in [3.05, 3.63) is 70.8 Å². The fraction of sp³-hybridized carbons (Fsp3) is 0.559. The smallest absolute Gasteiger partial charge is 0.120 e. The van der Waals surface area contributed by atoms with Crippen molar-refractivity contribution in [2.45, 2.75) is 112 Å². The van der Waals surface area contributed by atoms with Crippen molar-refractivity contribution in [1.82, 2.24) is 0 Å². The van der Waals surface area contributed by atoms with E-state index in [1.54, 1.807) is 0 Å². The van der Waals surface area contributed by atoms with E-state index in [1.807, 2.05) is 44.2 Å². The molecule has 0 aliphatic heterocycles. The molecule has 0 N–H and O–H groups in total. The number of aldehydes is 1. The van der Waals surface area contributed by atoms with Crippen molar-refractivity contribution >= 4 is 6.29 Å². The minimum Gasteiger partial charge on any atom is -0.303 e. The van der Waals surface area contributed by atoms with Gasteiger partial charge in [0.25, 0.3) is 0 Å². The van der Waals surface area contributed by atoms with Crippen LogP contribution in [0.3, 0.4) is 0 Å². The summed E-state index contributed by atoms with van der Waals surface area (Å²) in [5.41, 5.74) is 5.54. The summed E-state index contributed by atoms with van der Waals surface area (Å²) in [7, 11) is 0. The molecule has 0 amide bonds. The molecule has 3 atom stereocenters. The molecule has 1 aliphatic carbocycles. The van der Waals surface area contributed by atoms with E-state index in [0.29, 0.717) is 24.2 Å². The fourth-order valence-electron chi connectivity index (χ4n) is 5.37. The van der Waals surface area contributed by atoms with E-state index < -0.39 is 0 Å². The number of unbranched alkanes of at least 4 members (excludes halogenated alkanes) is 2. The summed E-state index contributed by atoms with van der Waals surface area (Å²) in [5, 5.41) is 0. The Morgan fingerprint density at radius 3 is 2.37 bits per heavy atom. The third-order valence-corrected chi connectivity index (χ3v) is 7.41. The van der Waals surface area contributed by atoms with Gasteiger partial charge in [0.05, 0.1) is 0 Å². The van der Waals surface area contributed by atoms with Crippen LogP contribution in [0.4, 0.5) is 0 Å². The van der Waals surface area contributed by atoms with Crippen LogP contribution in [-0.2, 0) is 10.2 Å². The van der Waals surface area contributed by atoms with Gasteiger partial charge in [0, 0.05) is 18.4 Å². The number of benzene rings is 2. The summed E-state index contributed by atoms with van der Waals surface area (Å²) in [6.45, 7) is 17.6. The number of rotatable bonds is 6. The van der Waals surface area contributed by atoms with E-state index in [9.17, 15) is 4.79 Å². The van der Waals surface area contributed by atoms with E-state index in [0.717, 1.165) is 18.3 Å². The van der Waals surface area contributed by atoms with Gasteiger partial charge in [0.15, 0.2) is 0 Å². The molecule has 35 heavy (non-hydrogen) atoms. The Morgan fingerprint density at radius 1 is 1.11 bits per heavy atom. The maximum Gasteiger partial charge on any atom is 0.120 e. The molecular formula is C34H50O. The standard InChI is InChI=1S/C20H30O.C12H14.C2H6/c1-14(2)17-8-9-18(16(4)13-17)20(5)11-6-7-15(3)19(20)10-12-21;1-2-3-4-6-9-12-10-7-5-8-11-12;1-2/h8-9,12-15,19H,6-7,10-11H2,1-5H3;5,7-8,10-11H,2-4H2,1H3;1-2H3. The van der Waals surface area contributed by atoms with Crippen molar-refractivity contribution in [1.29, 1.82) is 0 Å². The SMILES string of the molecule is CC.CCCCC#Cc1ccccc1.Cc1cc(C(C)C)ccc1C1(C)CCCC(C)C1CC=O. The molecule has 1 nitrogen and oxygen atoms in total. The molecule has 2 aromatic carbocycles. The van der Waals surface area contributed by atoms with Gasteiger partial charge in [0.2, 0.25) is 0 Å². The average Bonchev–Trinajstić information content (AvgIpc) is 2.86. The maximum atomic E-state index is 11.2. The lowest BCUT2D eigenvalue weighted by atomic mass is 9.58. The summed E-state index contributed by atoms with van der Waals surface area (Å²) >= 11 is 0. The predicted molar refractivity (Wildman–Crippen MR) is 154 cm³/mol. The first kappa shape index (κ1) is 30.7. The Morgan fingerprint density at radius 2 is 1.80 bits per heavy atom. The van der Waals surface area contributed by atoms with Crippen LogP contribution < -0.4 is 0 Å². The molecule has 1 aliphatic rings. The Labute approximate surface area is 217 Å². The van der Waals surface area contributed by atoms with Crippen LogP contribution in [0.15, 0.2) is 48.5 Å². The molecule has 3 unspecified atom stereocenters. The molecule has 0 radical (unpaired) electrons. The van der Waals surface area contributed by atoms with Crippen LogP contribution in [0.2, 0.25) is 0 Å². The molecule has 2 aromatic rings. The summed E-state index contributed by atoms with van der Waals surface area (Å²) in [6, 6.07) is 17.1. The van der Waals surface area contributed by atoms with E-state index >= 15 is 0 Å². The number of hydrogen-bond donors (Lipinski definition) is 0. The van der Waals surface area contributed by atoms with Gasteiger partial charge in [-0.1, -0.05) is 116 Å². The van der Waals surface area contributed by atoms with E-state index in [4.69, 9.17) is 0 Å². The van der Waals surface area contributed by atoms with Crippen LogP contribution >= 0.6 is 0 Å². The number of carbonyl (C=O) groups is 1. The van der Waals surface area contributed by atoms with Gasteiger partial charge in [-0.2, -0.15) is 0 Å². The van der Waals surface area contributed by atoms with E-state index in [1.165, 1.54) is 48.8 Å². The molecular weight excluding hydrogens is 424 g/mol. The fourth-order valence-corrected chi connectivity index (χ4v) is 5.37. The van der Waals surface area contributed by atoms with Crippen molar-refractivity contribution in [3.8, 4) is 11.8 Å². The first-order chi connectivity index (χ1) is 16.8. The first-order valence-corrected chi connectivity index (χ1v) is 13.9. The highest BCUT2D eigenvalue weighted by molar-refractivity contribution is 5.51. The van der Waals surface area contributed by atoms with Gasteiger partial charge in [-0.15, -0.1) is 0 Å². The van der Waals surface area contributed by atoms with Crippen molar-refractivity contribution < 1.29 is 4.79 Å².